The number of carbonyl (C=O) groups is 1. The minimum Gasteiger partial charge on any atom is -0.355 e. The highest BCUT2D eigenvalue weighted by atomic mass is 127. The number of guanidine groups is 1. The smallest absolute Gasteiger partial charge is 0.251 e. The van der Waals surface area contributed by atoms with Crippen LogP contribution in [0.4, 0.5) is 10.2 Å². The van der Waals surface area contributed by atoms with Gasteiger partial charge in [-0.1, -0.05) is 12.1 Å². The first-order valence-corrected chi connectivity index (χ1v) is 9.24. The number of pyridine rings is 1. The summed E-state index contributed by atoms with van der Waals surface area (Å²) in [6.45, 7) is 1.92. The Morgan fingerprint density at radius 2 is 2.17 bits per heavy atom. The van der Waals surface area contributed by atoms with Crippen molar-refractivity contribution >= 4 is 41.7 Å². The van der Waals surface area contributed by atoms with Gasteiger partial charge in [0.15, 0.2) is 17.6 Å². The highest BCUT2D eigenvalue weighted by Gasteiger charge is 2.25. The van der Waals surface area contributed by atoms with Crippen molar-refractivity contribution in [1.82, 2.24) is 20.9 Å². The summed E-state index contributed by atoms with van der Waals surface area (Å²) in [6.07, 6.45) is 2.47. The van der Waals surface area contributed by atoms with Gasteiger partial charge in [0, 0.05) is 51.5 Å². The molecular weight excluding hydrogens is 486 g/mol. The van der Waals surface area contributed by atoms with E-state index in [4.69, 9.17) is 0 Å². The number of benzene rings is 1. The molecule has 1 aromatic carbocycles. The van der Waals surface area contributed by atoms with Gasteiger partial charge >= 0.3 is 0 Å². The van der Waals surface area contributed by atoms with E-state index < -0.39 is 0 Å². The predicted molar refractivity (Wildman–Crippen MR) is 123 cm³/mol. The average molecular weight is 512 g/mol. The summed E-state index contributed by atoms with van der Waals surface area (Å²) in [7, 11) is 3.32. The van der Waals surface area contributed by atoms with E-state index >= 15 is 0 Å². The van der Waals surface area contributed by atoms with Crippen LogP contribution in [0, 0.1) is 5.82 Å². The molecule has 1 unspecified atom stereocenters. The largest absolute Gasteiger partial charge is 0.355 e. The molecule has 1 aliphatic heterocycles. The summed E-state index contributed by atoms with van der Waals surface area (Å²) in [5, 5.41) is 9.26. The van der Waals surface area contributed by atoms with Crippen molar-refractivity contribution in [3.63, 3.8) is 0 Å². The lowest BCUT2D eigenvalue weighted by Crippen LogP contribution is -2.44. The van der Waals surface area contributed by atoms with Crippen LogP contribution in [0.5, 0.6) is 0 Å². The zero-order valence-electron chi connectivity index (χ0n) is 16.5. The van der Waals surface area contributed by atoms with Crippen LogP contribution in [-0.4, -0.2) is 50.1 Å². The van der Waals surface area contributed by atoms with Crippen molar-refractivity contribution in [2.24, 2.45) is 4.99 Å². The molecule has 3 N–H and O–H groups in total. The number of amides is 1. The van der Waals surface area contributed by atoms with Crippen molar-refractivity contribution < 1.29 is 9.18 Å². The third-order valence-corrected chi connectivity index (χ3v) is 4.67. The fraction of sp³-hybridized carbons (Fsp3) is 0.350. The molecule has 1 aliphatic rings. The molecule has 1 atom stereocenters. The van der Waals surface area contributed by atoms with Crippen LogP contribution in [0.25, 0.3) is 0 Å². The van der Waals surface area contributed by atoms with Gasteiger partial charge in [0.1, 0.15) is 0 Å². The maximum absolute atomic E-state index is 13.9. The molecule has 156 valence electrons. The molecule has 0 bridgehead atoms. The number of rotatable bonds is 5. The Hall–Kier alpha value is -2.43. The fourth-order valence-corrected chi connectivity index (χ4v) is 3.22. The number of nitrogens with one attached hydrogen (secondary N) is 3. The molecular formula is C20H26FIN6O. The lowest BCUT2D eigenvalue weighted by atomic mass is 10.1. The van der Waals surface area contributed by atoms with Gasteiger partial charge in [-0.3, -0.25) is 9.79 Å². The van der Waals surface area contributed by atoms with Crippen LogP contribution in [-0.2, 0) is 6.54 Å². The molecule has 1 fully saturated rings. The number of aliphatic imine (C=N–C) groups is 1. The van der Waals surface area contributed by atoms with E-state index in [-0.39, 0.29) is 41.7 Å². The average Bonchev–Trinajstić information content (AvgIpc) is 3.19. The number of hydrogen-bond donors (Lipinski definition) is 3. The van der Waals surface area contributed by atoms with Gasteiger partial charge in [-0.15, -0.1) is 24.0 Å². The maximum atomic E-state index is 13.9. The molecule has 0 saturated carbocycles. The normalized spacial score (nSPS) is 16.2. The van der Waals surface area contributed by atoms with Crippen LogP contribution in [0.2, 0.25) is 0 Å². The molecule has 29 heavy (non-hydrogen) atoms. The minimum absolute atomic E-state index is 0. The number of hydrogen-bond acceptors (Lipinski definition) is 4. The predicted octanol–water partition coefficient (Wildman–Crippen LogP) is 2.14. The van der Waals surface area contributed by atoms with Crippen molar-refractivity contribution in [3.8, 4) is 0 Å². The lowest BCUT2D eigenvalue weighted by molar-refractivity contribution is 0.0963. The van der Waals surface area contributed by atoms with Crippen molar-refractivity contribution in [3.05, 3.63) is 59.5 Å². The van der Waals surface area contributed by atoms with Crippen LogP contribution < -0.4 is 20.9 Å². The molecule has 9 heteroatoms. The SMILES string of the molecule is CN=C(NCc1cccc(C(=O)NC)c1)NC1CCN(c2ncccc2F)C1.I. The monoisotopic (exact) mass is 512 g/mol. The van der Waals surface area contributed by atoms with Crippen LogP contribution in [0.3, 0.4) is 0 Å². The molecule has 2 aromatic rings. The molecule has 3 rings (SSSR count). The van der Waals surface area contributed by atoms with Crippen molar-refractivity contribution in [2.75, 3.05) is 32.1 Å². The van der Waals surface area contributed by atoms with E-state index in [9.17, 15) is 9.18 Å². The molecule has 7 nitrogen and oxygen atoms in total. The quantitative estimate of drug-likeness (QED) is 0.325. The Bertz CT molecular complexity index is 862. The van der Waals surface area contributed by atoms with Crippen molar-refractivity contribution in [2.45, 2.75) is 19.0 Å². The van der Waals surface area contributed by atoms with Crippen LogP contribution in [0.15, 0.2) is 47.6 Å². The molecule has 0 aliphatic carbocycles. The highest BCUT2D eigenvalue weighted by molar-refractivity contribution is 14.0. The first-order chi connectivity index (χ1) is 13.6. The van der Waals surface area contributed by atoms with Crippen LogP contribution in [0.1, 0.15) is 22.3 Å². The molecule has 1 aromatic heterocycles. The topological polar surface area (TPSA) is 81.6 Å². The number of anilines is 1. The number of halogens is 2. The Labute approximate surface area is 187 Å². The maximum Gasteiger partial charge on any atom is 0.251 e. The zero-order valence-corrected chi connectivity index (χ0v) is 18.8. The lowest BCUT2D eigenvalue weighted by Gasteiger charge is -2.20. The fourth-order valence-electron chi connectivity index (χ4n) is 3.22. The van der Waals surface area contributed by atoms with Crippen molar-refractivity contribution in [1.29, 1.82) is 0 Å². The molecule has 2 heterocycles. The Kier molecular flexibility index (Phi) is 8.62. The minimum atomic E-state index is -0.304. The first-order valence-electron chi connectivity index (χ1n) is 9.24. The Balaban J connectivity index is 0.00000300. The van der Waals surface area contributed by atoms with Gasteiger partial charge in [0.25, 0.3) is 5.91 Å². The number of aromatic nitrogens is 1. The van der Waals surface area contributed by atoms with Gasteiger partial charge in [-0.2, -0.15) is 0 Å². The summed E-state index contributed by atoms with van der Waals surface area (Å²) in [5.41, 5.74) is 1.60. The summed E-state index contributed by atoms with van der Waals surface area (Å²) < 4.78 is 13.9. The van der Waals surface area contributed by atoms with Gasteiger partial charge in [0.05, 0.1) is 0 Å². The Morgan fingerprint density at radius 3 is 2.90 bits per heavy atom. The van der Waals surface area contributed by atoms with Gasteiger partial charge in [0.2, 0.25) is 0 Å². The van der Waals surface area contributed by atoms with E-state index in [1.54, 1.807) is 32.4 Å². The number of nitrogens with zero attached hydrogens (tertiary/aromatic N) is 3. The third-order valence-electron chi connectivity index (χ3n) is 4.67. The highest BCUT2D eigenvalue weighted by Crippen LogP contribution is 2.20. The summed E-state index contributed by atoms with van der Waals surface area (Å²) in [5.74, 6) is 0.637. The third kappa shape index (κ3) is 6.02. The zero-order chi connectivity index (χ0) is 19.9. The summed E-state index contributed by atoms with van der Waals surface area (Å²) in [4.78, 5) is 22.1. The van der Waals surface area contributed by atoms with Gasteiger partial charge < -0.3 is 20.9 Å². The van der Waals surface area contributed by atoms with Gasteiger partial charge in [-0.25, -0.2) is 9.37 Å². The Morgan fingerprint density at radius 1 is 1.34 bits per heavy atom. The molecule has 1 amide bonds. The van der Waals surface area contributed by atoms with E-state index in [0.717, 1.165) is 18.5 Å². The number of carbonyl (C=O) groups excluding carboxylic acids is 1. The van der Waals surface area contributed by atoms with E-state index in [1.807, 2.05) is 23.1 Å². The second kappa shape index (κ2) is 10.9. The molecule has 0 radical (unpaired) electrons. The van der Waals surface area contributed by atoms with Gasteiger partial charge in [-0.05, 0) is 36.2 Å². The van der Waals surface area contributed by atoms with E-state index in [1.165, 1.54) is 6.07 Å². The second-order valence-corrected chi connectivity index (χ2v) is 6.59. The summed E-state index contributed by atoms with van der Waals surface area (Å²) in [6, 6.07) is 10.6. The standard InChI is InChI=1S/C20H25FN6O.HI/c1-22-19(28)15-6-3-5-14(11-15)12-25-20(23-2)26-16-8-10-27(13-16)18-17(21)7-4-9-24-18;/h3-7,9,11,16H,8,10,12-13H2,1-2H3,(H,22,28)(H2,23,25,26);1H. The van der Waals surface area contributed by atoms with E-state index in [2.05, 4.69) is 25.9 Å². The van der Waals surface area contributed by atoms with Crippen LogP contribution >= 0.6 is 24.0 Å². The molecule has 1 saturated heterocycles. The summed E-state index contributed by atoms with van der Waals surface area (Å²) >= 11 is 0. The molecule has 0 spiro atoms. The first kappa shape index (κ1) is 22.9. The second-order valence-electron chi connectivity index (χ2n) is 6.59. The van der Waals surface area contributed by atoms with E-state index in [0.29, 0.717) is 30.4 Å².